The minimum atomic E-state index is -1.17. The monoisotopic (exact) mass is 351 g/mol. The molecule has 1 N–H and O–H groups in total. The predicted molar refractivity (Wildman–Crippen MR) is 92.7 cm³/mol. The third-order valence-corrected chi connectivity index (χ3v) is 4.72. The Morgan fingerprint density at radius 3 is 2.58 bits per heavy atom. The normalized spacial score (nSPS) is 17.0. The Labute approximate surface area is 149 Å². The van der Waals surface area contributed by atoms with E-state index in [1.54, 1.807) is 4.90 Å². The van der Waals surface area contributed by atoms with Crippen LogP contribution in [0.2, 0.25) is 0 Å². The first kappa shape index (κ1) is 16.2. The van der Waals surface area contributed by atoms with Crippen molar-refractivity contribution in [2.45, 2.75) is 18.9 Å². The molecule has 0 radical (unpaired) electrons. The summed E-state index contributed by atoms with van der Waals surface area (Å²) in [6, 6.07) is 7.72. The van der Waals surface area contributed by atoms with Gasteiger partial charge in [-0.25, -0.2) is 19.7 Å². The Bertz CT molecular complexity index is 996. The minimum absolute atomic E-state index is 0.138. The third-order valence-electron chi connectivity index (χ3n) is 4.72. The van der Waals surface area contributed by atoms with E-state index in [-0.39, 0.29) is 23.3 Å². The lowest BCUT2D eigenvalue weighted by molar-refractivity contribution is 0.0682. The van der Waals surface area contributed by atoms with Crippen LogP contribution in [0, 0.1) is 0 Å². The van der Waals surface area contributed by atoms with Gasteiger partial charge in [-0.05, 0) is 25.0 Å². The molecule has 4 rings (SSSR count). The summed E-state index contributed by atoms with van der Waals surface area (Å²) in [5, 5.41) is 8.91. The highest BCUT2D eigenvalue weighted by molar-refractivity contribution is 5.93. The van der Waals surface area contributed by atoms with E-state index in [2.05, 4.69) is 9.97 Å². The molecule has 1 unspecified atom stereocenters. The smallest absolute Gasteiger partial charge is 0.356 e. The number of benzene rings is 1. The van der Waals surface area contributed by atoms with Crippen molar-refractivity contribution in [3.8, 4) is 0 Å². The highest BCUT2D eigenvalue weighted by atomic mass is 16.4. The van der Waals surface area contributed by atoms with Crippen molar-refractivity contribution in [3.63, 3.8) is 0 Å². The fourth-order valence-corrected chi connectivity index (χ4v) is 3.44. The van der Waals surface area contributed by atoms with Crippen LogP contribution < -0.4 is 0 Å². The van der Waals surface area contributed by atoms with E-state index in [4.69, 9.17) is 10.1 Å². The lowest BCUT2D eigenvalue weighted by Crippen LogP contribution is -2.32. The van der Waals surface area contributed by atoms with E-state index >= 15 is 0 Å². The van der Waals surface area contributed by atoms with E-state index < -0.39 is 5.97 Å². The fourth-order valence-electron chi connectivity index (χ4n) is 3.44. The predicted octanol–water partition coefficient (Wildman–Crippen LogP) is 2.04. The Balaban J connectivity index is 1.66. The number of rotatable bonds is 3. The molecule has 1 saturated heterocycles. The second-order valence-corrected chi connectivity index (χ2v) is 6.27. The maximum atomic E-state index is 12.9. The number of fused-ring (bicyclic) bond motifs is 1. The molecule has 0 spiro atoms. The van der Waals surface area contributed by atoms with Gasteiger partial charge < -0.3 is 14.6 Å². The Morgan fingerprint density at radius 1 is 1.15 bits per heavy atom. The summed E-state index contributed by atoms with van der Waals surface area (Å²) in [5.74, 6) is -0.591. The van der Waals surface area contributed by atoms with Gasteiger partial charge in [0.2, 0.25) is 0 Å². The van der Waals surface area contributed by atoms with Crippen LogP contribution in [0.1, 0.15) is 45.7 Å². The number of para-hydroxylation sites is 2. The van der Waals surface area contributed by atoms with Crippen LogP contribution in [0.25, 0.3) is 11.0 Å². The summed E-state index contributed by atoms with van der Waals surface area (Å²) in [7, 11) is 1.95. The molecule has 8 nitrogen and oxygen atoms in total. The van der Waals surface area contributed by atoms with Gasteiger partial charge >= 0.3 is 5.97 Å². The molecule has 8 heteroatoms. The van der Waals surface area contributed by atoms with Crippen molar-refractivity contribution < 1.29 is 14.7 Å². The molecule has 3 aromatic rings. The van der Waals surface area contributed by atoms with Crippen LogP contribution in [-0.2, 0) is 7.05 Å². The number of aromatic carboxylic acids is 1. The zero-order valence-corrected chi connectivity index (χ0v) is 14.2. The maximum Gasteiger partial charge on any atom is 0.356 e. The first-order chi connectivity index (χ1) is 12.6. The number of likely N-dealkylation sites (tertiary alicyclic amines) is 1. The highest BCUT2D eigenvalue weighted by Gasteiger charge is 2.34. The number of carboxylic acid groups (broad SMARTS) is 1. The summed E-state index contributed by atoms with van der Waals surface area (Å²) < 4.78 is 2.02. The first-order valence-electron chi connectivity index (χ1n) is 8.34. The van der Waals surface area contributed by atoms with Crippen LogP contribution in [0.3, 0.4) is 0 Å². The lowest BCUT2D eigenvalue weighted by atomic mass is 10.2. The Kier molecular flexibility index (Phi) is 3.87. The van der Waals surface area contributed by atoms with E-state index in [1.807, 2.05) is 35.9 Å². The number of carboxylic acids is 1. The number of nitrogens with zero attached hydrogens (tertiary/aromatic N) is 5. The highest BCUT2D eigenvalue weighted by Crippen LogP contribution is 2.33. The van der Waals surface area contributed by atoms with Crippen molar-refractivity contribution >= 4 is 22.9 Å². The Morgan fingerprint density at radius 2 is 1.88 bits per heavy atom. The van der Waals surface area contributed by atoms with Crippen molar-refractivity contribution in [1.82, 2.24) is 24.4 Å². The maximum absolute atomic E-state index is 12.9. The number of aromatic nitrogens is 4. The summed E-state index contributed by atoms with van der Waals surface area (Å²) in [5.41, 5.74) is 1.87. The van der Waals surface area contributed by atoms with Gasteiger partial charge in [-0.1, -0.05) is 12.1 Å². The van der Waals surface area contributed by atoms with E-state index in [1.165, 1.54) is 6.20 Å². The van der Waals surface area contributed by atoms with Gasteiger partial charge in [-0.3, -0.25) is 4.79 Å². The topological polar surface area (TPSA) is 101 Å². The van der Waals surface area contributed by atoms with E-state index in [0.717, 1.165) is 35.9 Å². The molecule has 1 aliphatic heterocycles. The van der Waals surface area contributed by atoms with Crippen LogP contribution in [0.4, 0.5) is 0 Å². The molecule has 1 amide bonds. The second kappa shape index (κ2) is 6.21. The standard InChI is InChI=1S/C18H17N5O3/c1-22-14-6-3-2-5-11(14)21-16(22)15-7-4-8-23(15)17(24)12-9-20-13(10-19-12)18(25)26/h2-3,5-6,9-10,15H,4,7-8H2,1H3,(H,25,26). The molecule has 1 aliphatic rings. The van der Waals surface area contributed by atoms with Gasteiger partial charge in [0.25, 0.3) is 5.91 Å². The van der Waals surface area contributed by atoms with Crippen LogP contribution in [0.15, 0.2) is 36.7 Å². The first-order valence-corrected chi connectivity index (χ1v) is 8.34. The molecule has 0 bridgehead atoms. The molecular weight excluding hydrogens is 334 g/mol. The van der Waals surface area contributed by atoms with Crippen LogP contribution in [0.5, 0.6) is 0 Å². The Hall–Kier alpha value is -3.29. The number of hydrogen-bond acceptors (Lipinski definition) is 5. The fraction of sp³-hybridized carbons (Fsp3) is 0.278. The molecule has 0 saturated carbocycles. The summed E-state index contributed by atoms with van der Waals surface area (Å²) in [4.78, 5) is 38.0. The van der Waals surface area contributed by atoms with E-state index in [0.29, 0.717) is 6.54 Å². The van der Waals surface area contributed by atoms with E-state index in [9.17, 15) is 9.59 Å². The van der Waals surface area contributed by atoms with Crippen molar-refractivity contribution in [1.29, 1.82) is 0 Å². The van der Waals surface area contributed by atoms with Crippen molar-refractivity contribution in [2.24, 2.45) is 7.05 Å². The number of carbonyl (C=O) groups excluding carboxylic acids is 1. The zero-order valence-electron chi connectivity index (χ0n) is 14.2. The summed E-state index contributed by atoms with van der Waals surface area (Å²) in [6.45, 7) is 0.606. The van der Waals surface area contributed by atoms with Gasteiger partial charge in [0.15, 0.2) is 5.69 Å². The van der Waals surface area contributed by atoms with Crippen molar-refractivity contribution in [3.05, 3.63) is 53.9 Å². The number of imidazole rings is 1. The van der Waals surface area contributed by atoms with Crippen molar-refractivity contribution in [2.75, 3.05) is 6.54 Å². The number of aryl methyl sites for hydroxylation is 1. The van der Waals surface area contributed by atoms with Gasteiger partial charge in [0, 0.05) is 13.6 Å². The van der Waals surface area contributed by atoms with Gasteiger partial charge in [-0.15, -0.1) is 0 Å². The minimum Gasteiger partial charge on any atom is -0.476 e. The number of amides is 1. The number of carbonyl (C=O) groups is 2. The van der Waals surface area contributed by atoms with Crippen LogP contribution in [-0.4, -0.2) is 47.9 Å². The quantitative estimate of drug-likeness (QED) is 0.775. The molecule has 1 atom stereocenters. The molecule has 1 fully saturated rings. The van der Waals surface area contributed by atoms with Crippen LogP contribution >= 0.6 is 0 Å². The SMILES string of the molecule is Cn1c(C2CCCN2C(=O)c2cnc(C(=O)O)cn2)nc2ccccc21. The molecular formula is C18H17N5O3. The average molecular weight is 351 g/mol. The summed E-state index contributed by atoms with van der Waals surface area (Å²) >= 11 is 0. The molecule has 3 heterocycles. The summed E-state index contributed by atoms with van der Waals surface area (Å²) in [6.07, 6.45) is 4.02. The molecule has 2 aromatic heterocycles. The van der Waals surface area contributed by atoms with Gasteiger partial charge in [0.05, 0.1) is 29.5 Å². The average Bonchev–Trinajstić information content (AvgIpc) is 3.26. The zero-order chi connectivity index (χ0) is 18.3. The second-order valence-electron chi connectivity index (χ2n) is 6.27. The van der Waals surface area contributed by atoms with Gasteiger partial charge in [-0.2, -0.15) is 0 Å². The largest absolute Gasteiger partial charge is 0.476 e. The molecule has 26 heavy (non-hydrogen) atoms. The molecule has 1 aromatic carbocycles. The van der Waals surface area contributed by atoms with Gasteiger partial charge in [0.1, 0.15) is 11.5 Å². The molecule has 132 valence electrons. The lowest BCUT2D eigenvalue weighted by Gasteiger charge is -2.24. The third kappa shape index (κ3) is 2.59. The molecule has 0 aliphatic carbocycles. The number of hydrogen-bond donors (Lipinski definition) is 1.